The Morgan fingerprint density at radius 3 is 2.37 bits per heavy atom. The van der Waals surface area contributed by atoms with E-state index < -0.39 is 31.0 Å². The van der Waals surface area contributed by atoms with Gasteiger partial charge in [0.2, 0.25) is 5.96 Å². The highest BCUT2D eigenvalue weighted by Gasteiger charge is 2.42. The summed E-state index contributed by atoms with van der Waals surface area (Å²) in [7, 11) is 0. The van der Waals surface area contributed by atoms with Crippen molar-refractivity contribution < 1.29 is 20.4 Å². The number of nitrogens with zero attached hydrogens (tertiary/aromatic N) is 2. The molecule has 0 aromatic heterocycles. The number of hydrogen-bond acceptors (Lipinski definition) is 6. The molecule has 1 saturated heterocycles. The first-order valence-corrected chi connectivity index (χ1v) is 6.19. The summed E-state index contributed by atoms with van der Waals surface area (Å²) in [5, 5.41) is 42.3. The molecule has 8 heteroatoms. The van der Waals surface area contributed by atoms with Crippen LogP contribution in [0.4, 0.5) is 0 Å². The number of piperidine rings is 1. The molecule has 0 radical (unpaired) electrons. The summed E-state index contributed by atoms with van der Waals surface area (Å²) in [6.45, 7) is 5.28. The molecule has 112 valence electrons. The molecule has 4 unspecified atom stereocenters. The minimum Gasteiger partial charge on any atom is -0.394 e. The molecule has 0 spiro atoms. The predicted octanol–water partition coefficient (Wildman–Crippen LogP) is -2.64. The second-order valence-electron chi connectivity index (χ2n) is 5.78. The number of nitrogens with two attached hydrogens (primary N) is 1. The van der Waals surface area contributed by atoms with Crippen molar-refractivity contribution in [1.82, 2.24) is 10.3 Å². The topological polar surface area (TPSA) is 135 Å². The molecule has 1 aliphatic rings. The van der Waals surface area contributed by atoms with Crippen LogP contribution in [0.25, 0.3) is 0 Å². The lowest BCUT2D eigenvalue weighted by molar-refractivity contribution is -0.128. The number of guanidine groups is 1. The lowest BCUT2D eigenvalue weighted by atomic mass is 9.94. The van der Waals surface area contributed by atoms with Crippen LogP contribution in [-0.2, 0) is 0 Å². The van der Waals surface area contributed by atoms with Gasteiger partial charge in [0.25, 0.3) is 0 Å². The molecular weight excluding hydrogens is 252 g/mol. The summed E-state index contributed by atoms with van der Waals surface area (Å²) in [6, 6.07) is -0.802. The molecule has 8 nitrogen and oxygen atoms in total. The van der Waals surface area contributed by atoms with Crippen LogP contribution in [0.15, 0.2) is 5.10 Å². The maximum atomic E-state index is 9.81. The average molecular weight is 276 g/mol. The molecule has 1 fully saturated rings. The van der Waals surface area contributed by atoms with Crippen LogP contribution >= 0.6 is 0 Å². The van der Waals surface area contributed by atoms with Crippen molar-refractivity contribution in [2.75, 3.05) is 13.2 Å². The van der Waals surface area contributed by atoms with Gasteiger partial charge in [-0.1, -0.05) is 0 Å². The van der Waals surface area contributed by atoms with Crippen LogP contribution in [0, 0.1) is 0 Å². The first-order valence-electron chi connectivity index (χ1n) is 6.19. The van der Waals surface area contributed by atoms with Gasteiger partial charge >= 0.3 is 0 Å². The Morgan fingerprint density at radius 1 is 1.32 bits per heavy atom. The van der Waals surface area contributed by atoms with Crippen molar-refractivity contribution in [3.63, 3.8) is 0 Å². The van der Waals surface area contributed by atoms with Crippen molar-refractivity contribution >= 4 is 5.96 Å². The highest BCUT2D eigenvalue weighted by molar-refractivity contribution is 5.78. The molecule has 0 aromatic carbocycles. The quantitative estimate of drug-likeness (QED) is 0.184. The van der Waals surface area contributed by atoms with E-state index in [4.69, 9.17) is 5.73 Å². The monoisotopic (exact) mass is 276 g/mol. The van der Waals surface area contributed by atoms with Crippen molar-refractivity contribution in [3.05, 3.63) is 0 Å². The molecule has 0 aromatic rings. The van der Waals surface area contributed by atoms with E-state index in [9.17, 15) is 20.4 Å². The molecule has 19 heavy (non-hydrogen) atoms. The number of hydrogen-bond donors (Lipinski definition) is 6. The van der Waals surface area contributed by atoms with E-state index in [1.54, 1.807) is 0 Å². The number of hydrazone groups is 1. The fourth-order valence-electron chi connectivity index (χ4n) is 1.84. The van der Waals surface area contributed by atoms with Gasteiger partial charge in [-0.05, 0) is 20.8 Å². The highest BCUT2D eigenvalue weighted by Crippen LogP contribution is 2.18. The maximum Gasteiger partial charge on any atom is 0.214 e. The zero-order valence-electron chi connectivity index (χ0n) is 11.5. The van der Waals surface area contributed by atoms with E-state index in [2.05, 4.69) is 10.5 Å². The number of β-amino-alcohol motifs (C(OH)–C–C–N with tert-alkyl or cyclic N) is 1. The van der Waals surface area contributed by atoms with Gasteiger partial charge in [0.15, 0.2) is 0 Å². The summed E-state index contributed by atoms with van der Waals surface area (Å²) in [5.41, 5.74) is 8.32. The molecule has 1 heterocycles. The van der Waals surface area contributed by atoms with E-state index in [1.165, 1.54) is 4.90 Å². The zero-order chi connectivity index (χ0) is 14.8. The third-order valence-corrected chi connectivity index (χ3v) is 2.91. The van der Waals surface area contributed by atoms with Crippen molar-refractivity contribution in [1.29, 1.82) is 0 Å². The van der Waals surface area contributed by atoms with Crippen LogP contribution in [0.3, 0.4) is 0 Å². The van der Waals surface area contributed by atoms with Gasteiger partial charge in [-0.3, -0.25) is 0 Å². The first kappa shape index (κ1) is 16.0. The molecule has 0 amide bonds. The third-order valence-electron chi connectivity index (χ3n) is 2.91. The van der Waals surface area contributed by atoms with Crippen molar-refractivity contribution in [3.8, 4) is 0 Å². The van der Waals surface area contributed by atoms with Gasteiger partial charge < -0.3 is 36.5 Å². The predicted molar refractivity (Wildman–Crippen MR) is 70.1 cm³/mol. The number of rotatable bonds is 2. The van der Waals surface area contributed by atoms with Gasteiger partial charge in [-0.15, -0.1) is 5.10 Å². The number of nitrogens with one attached hydrogen (secondary N) is 1. The lowest BCUT2D eigenvalue weighted by Crippen LogP contribution is -2.65. The number of likely N-dealkylation sites (tertiary alicyclic amines) is 1. The Kier molecular flexibility index (Phi) is 4.97. The Labute approximate surface area is 112 Å². The summed E-state index contributed by atoms with van der Waals surface area (Å²) in [4.78, 5) is 1.38. The molecule has 1 rings (SSSR count). The molecule has 0 aliphatic carbocycles. The highest BCUT2D eigenvalue weighted by atomic mass is 16.4. The van der Waals surface area contributed by atoms with E-state index in [0.29, 0.717) is 0 Å². The largest absolute Gasteiger partial charge is 0.394 e. The smallest absolute Gasteiger partial charge is 0.214 e. The Balaban J connectivity index is 2.84. The Hall–Kier alpha value is -1.09. The lowest BCUT2D eigenvalue weighted by Gasteiger charge is -2.43. The van der Waals surface area contributed by atoms with E-state index >= 15 is 0 Å². The van der Waals surface area contributed by atoms with E-state index in [-0.39, 0.29) is 18.0 Å². The fraction of sp³-hybridized carbons (Fsp3) is 0.909. The van der Waals surface area contributed by atoms with Gasteiger partial charge in [0.05, 0.1) is 12.6 Å². The Morgan fingerprint density at radius 2 is 1.89 bits per heavy atom. The fourth-order valence-corrected chi connectivity index (χ4v) is 1.84. The zero-order valence-corrected chi connectivity index (χ0v) is 11.5. The Bertz CT molecular complexity index is 331. The van der Waals surface area contributed by atoms with Crippen molar-refractivity contribution in [2.24, 2.45) is 10.8 Å². The molecule has 0 bridgehead atoms. The van der Waals surface area contributed by atoms with E-state index in [0.717, 1.165) is 0 Å². The molecule has 1 aliphatic heterocycles. The molecule has 7 N–H and O–H groups in total. The second-order valence-corrected chi connectivity index (χ2v) is 5.78. The third kappa shape index (κ3) is 3.93. The molecule has 0 saturated carbocycles. The summed E-state index contributed by atoms with van der Waals surface area (Å²) < 4.78 is 0. The van der Waals surface area contributed by atoms with E-state index in [1.807, 2.05) is 20.8 Å². The SMILES string of the molecule is CC(C)(C)NN=C(N)N1CC(O)C(O)C(O)C1CO. The normalized spacial score (nSPS) is 33.4. The van der Waals surface area contributed by atoms with Crippen LogP contribution in [-0.4, -0.2) is 74.3 Å². The number of aliphatic hydroxyl groups is 4. The van der Waals surface area contributed by atoms with Gasteiger partial charge in [0.1, 0.15) is 18.3 Å². The average Bonchev–Trinajstić information content (AvgIpc) is 2.31. The van der Waals surface area contributed by atoms with Gasteiger partial charge in [-0.2, -0.15) is 0 Å². The van der Waals surface area contributed by atoms with Crippen LogP contribution in [0.1, 0.15) is 20.8 Å². The summed E-state index contributed by atoms with van der Waals surface area (Å²) in [6.07, 6.45) is -3.75. The van der Waals surface area contributed by atoms with Crippen LogP contribution < -0.4 is 11.2 Å². The van der Waals surface area contributed by atoms with Crippen LogP contribution in [0.5, 0.6) is 0 Å². The second kappa shape index (κ2) is 5.91. The summed E-state index contributed by atoms with van der Waals surface area (Å²) in [5.74, 6) is 0.0407. The number of aliphatic hydroxyl groups excluding tert-OH is 4. The standard InChI is InChI=1S/C11H24N4O4/c1-11(2,3)14-13-10(12)15-4-7(17)9(19)8(18)6(15)5-16/h6-9,14,16-19H,4-5H2,1-3H3,(H2,12,13). The van der Waals surface area contributed by atoms with Crippen molar-refractivity contribution in [2.45, 2.75) is 50.7 Å². The summed E-state index contributed by atoms with van der Waals surface area (Å²) >= 11 is 0. The minimum atomic E-state index is -1.31. The first-order chi connectivity index (χ1) is 8.67. The molecular formula is C11H24N4O4. The molecule has 4 atom stereocenters. The maximum absolute atomic E-state index is 9.81. The van der Waals surface area contributed by atoms with Gasteiger partial charge in [0, 0.05) is 12.1 Å². The van der Waals surface area contributed by atoms with Gasteiger partial charge in [-0.25, -0.2) is 0 Å². The minimum absolute atomic E-state index is 0.00932. The van der Waals surface area contributed by atoms with Crippen LogP contribution in [0.2, 0.25) is 0 Å².